The molecule has 1 aromatic rings. The fourth-order valence-corrected chi connectivity index (χ4v) is 1.55. The monoisotopic (exact) mass is 261 g/mol. The van der Waals surface area contributed by atoms with E-state index in [2.05, 4.69) is 11.2 Å². The van der Waals surface area contributed by atoms with Crippen LogP contribution in [-0.2, 0) is 16.0 Å². The number of carboxylic acid groups (broad SMARTS) is 1. The number of aromatic hydroxyl groups is 1. The van der Waals surface area contributed by atoms with Gasteiger partial charge in [0.25, 0.3) is 0 Å². The lowest BCUT2D eigenvalue weighted by Crippen LogP contribution is -2.40. The summed E-state index contributed by atoms with van der Waals surface area (Å²) in [5.74, 6) is 0.751. The fraction of sp³-hybridized carbons (Fsp3) is 0.286. The van der Waals surface area contributed by atoms with Crippen LogP contribution in [0, 0.1) is 12.3 Å². The van der Waals surface area contributed by atoms with E-state index in [1.54, 1.807) is 18.2 Å². The second-order valence-electron chi connectivity index (χ2n) is 4.00. The van der Waals surface area contributed by atoms with Crippen molar-refractivity contribution in [2.75, 3.05) is 0 Å². The molecule has 1 rings (SSSR count). The molecule has 1 unspecified atom stereocenters. The van der Waals surface area contributed by atoms with Crippen molar-refractivity contribution in [3.8, 4) is 18.1 Å². The second kappa shape index (κ2) is 7.07. The lowest BCUT2D eigenvalue weighted by molar-refractivity contribution is -0.141. The third-order valence-electron chi connectivity index (χ3n) is 2.57. The highest BCUT2D eigenvalue weighted by atomic mass is 16.4. The van der Waals surface area contributed by atoms with E-state index in [1.807, 2.05) is 0 Å². The number of aliphatic carboxylic acids is 1. The molecule has 0 bridgehead atoms. The molecule has 1 atom stereocenters. The molecular formula is C14H15NO4. The van der Waals surface area contributed by atoms with Crippen molar-refractivity contribution in [2.24, 2.45) is 0 Å². The van der Waals surface area contributed by atoms with Gasteiger partial charge in [-0.2, -0.15) is 0 Å². The average Bonchev–Trinajstić information content (AvgIpc) is 2.37. The number of para-hydroxylation sites is 1. The number of carbonyl (C=O) groups is 2. The molecule has 0 aliphatic heterocycles. The summed E-state index contributed by atoms with van der Waals surface area (Å²) in [5, 5.41) is 20.7. The van der Waals surface area contributed by atoms with Gasteiger partial charge < -0.3 is 15.5 Å². The van der Waals surface area contributed by atoms with Gasteiger partial charge in [0, 0.05) is 12.8 Å². The minimum absolute atomic E-state index is 0.0579. The smallest absolute Gasteiger partial charge is 0.327 e. The maximum Gasteiger partial charge on any atom is 0.327 e. The first-order chi connectivity index (χ1) is 9.04. The number of terminal acetylenes is 1. The predicted octanol–water partition coefficient (Wildman–Crippen LogP) is 0.917. The first-order valence-electron chi connectivity index (χ1n) is 5.77. The van der Waals surface area contributed by atoms with E-state index in [0.29, 0.717) is 12.0 Å². The molecule has 0 aliphatic rings. The molecule has 0 spiro atoms. The Hall–Kier alpha value is -2.48. The van der Waals surface area contributed by atoms with Crippen LogP contribution < -0.4 is 5.32 Å². The van der Waals surface area contributed by atoms with Crippen LogP contribution in [0.2, 0.25) is 0 Å². The summed E-state index contributed by atoms with van der Waals surface area (Å²) in [6, 6.07) is 5.61. The topological polar surface area (TPSA) is 86.6 Å². The molecule has 0 aliphatic carbocycles. The first-order valence-corrected chi connectivity index (χ1v) is 5.77. The average molecular weight is 261 g/mol. The van der Waals surface area contributed by atoms with Crippen LogP contribution in [0.5, 0.6) is 5.75 Å². The summed E-state index contributed by atoms with van der Waals surface area (Å²) in [4.78, 5) is 22.4. The maximum absolute atomic E-state index is 11.6. The minimum Gasteiger partial charge on any atom is -0.508 e. The number of aryl methyl sites for hydroxylation is 1. The van der Waals surface area contributed by atoms with Crippen molar-refractivity contribution in [3.63, 3.8) is 0 Å². The molecule has 5 nitrogen and oxygen atoms in total. The third-order valence-corrected chi connectivity index (χ3v) is 2.57. The summed E-state index contributed by atoms with van der Waals surface area (Å²) >= 11 is 0. The molecule has 0 saturated carbocycles. The molecule has 0 fully saturated rings. The second-order valence-corrected chi connectivity index (χ2v) is 4.00. The van der Waals surface area contributed by atoms with Crippen LogP contribution in [0.3, 0.4) is 0 Å². The molecule has 0 saturated heterocycles. The highest BCUT2D eigenvalue weighted by Crippen LogP contribution is 2.17. The van der Waals surface area contributed by atoms with E-state index >= 15 is 0 Å². The number of benzene rings is 1. The normalized spacial score (nSPS) is 11.3. The lowest BCUT2D eigenvalue weighted by atomic mass is 10.1. The van der Waals surface area contributed by atoms with Crippen LogP contribution in [0.15, 0.2) is 24.3 Å². The number of carboxylic acids is 1. The van der Waals surface area contributed by atoms with Crippen molar-refractivity contribution < 1.29 is 19.8 Å². The maximum atomic E-state index is 11.6. The number of phenolic OH excluding ortho intramolecular Hbond substituents is 1. The highest BCUT2D eigenvalue weighted by molar-refractivity contribution is 5.83. The fourth-order valence-electron chi connectivity index (χ4n) is 1.55. The van der Waals surface area contributed by atoms with E-state index in [-0.39, 0.29) is 18.6 Å². The molecular weight excluding hydrogens is 246 g/mol. The van der Waals surface area contributed by atoms with Gasteiger partial charge >= 0.3 is 5.97 Å². The number of amides is 1. The number of nitrogens with one attached hydrogen (secondary N) is 1. The first kappa shape index (κ1) is 14.6. The van der Waals surface area contributed by atoms with Gasteiger partial charge in [-0.3, -0.25) is 4.79 Å². The van der Waals surface area contributed by atoms with Crippen molar-refractivity contribution in [1.29, 1.82) is 0 Å². The molecule has 1 amide bonds. The van der Waals surface area contributed by atoms with E-state index in [0.717, 1.165) is 0 Å². The molecule has 1 aromatic carbocycles. The number of hydrogen-bond donors (Lipinski definition) is 3. The lowest BCUT2D eigenvalue weighted by Gasteiger charge is -2.11. The Kier molecular flexibility index (Phi) is 5.42. The van der Waals surface area contributed by atoms with Gasteiger partial charge in [-0.1, -0.05) is 18.2 Å². The Morgan fingerprint density at radius 1 is 1.37 bits per heavy atom. The zero-order chi connectivity index (χ0) is 14.3. The van der Waals surface area contributed by atoms with Gasteiger partial charge in [0.2, 0.25) is 5.91 Å². The Bertz CT molecular complexity index is 504. The molecule has 19 heavy (non-hydrogen) atoms. The van der Waals surface area contributed by atoms with Crippen molar-refractivity contribution in [3.05, 3.63) is 29.8 Å². The van der Waals surface area contributed by atoms with Crippen LogP contribution in [0.4, 0.5) is 0 Å². The summed E-state index contributed by atoms with van der Waals surface area (Å²) < 4.78 is 0. The number of rotatable bonds is 6. The Morgan fingerprint density at radius 2 is 2.05 bits per heavy atom. The van der Waals surface area contributed by atoms with Gasteiger partial charge in [0.15, 0.2) is 0 Å². The SMILES string of the molecule is C#CCC(NC(=O)CCc1ccccc1O)C(=O)O. The zero-order valence-corrected chi connectivity index (χ0v) is 10.3. The van der Waals surface area contributed by atoms with Crippen LogP contribution in [0.1, 0.15) is 18.4 Å². The molecule has 100 valence electrons. The standard InChI is InChI=1S/C14H15NO4/c1-2-5-11(14(18)19)15-13(17)9-8-10-6-3-4-7-12(10)16/h1,3-4,6-7,11,16H,5,8-9H2,(H,15,17)(H,18,19). The predicted molar refractivity (Wildman–Crippen MR) is 69.4 cm³/mol. The Balaban J connectivity index is 2.50. The van der Waals surface area contributed by atoms with E-state index in [4.69, 9.17) is 11.5 Å². The van der Waals surface area contributed by atoms with Gasteiger partial charge in [-0.15, -0.1) is 12.3 Å². The quantitative estimate of drug-likeness (QED) is 0.664. The van der Waals surface area contributed by atoms with Crippen molar-refractivity contribution in [1.82, 2.24) is 5.32 Å². The van der Waals surface area contributed by atoms with Crippen LogP contribution in [-0.4, -0.2) is 28.1 Å². The van der Waals surface area contributed by atoms with Gasteiger partial charge in [-0.25, -0.2) is 4.79 Å². The van der Waals surface area contributed by atoms with Crippen molar-refractivity contribution >= 4 is 11.9 Å². The van der Waals surface area contributed by atoms with Gasteiger partial charge in [0.05, 0.1) is 0 Å². The van der Waals surface area contributed by atoms with E-state index in [9.17, 15) is 14.7 Å². The van der Waals surface area contributed by atoms with Gasteiger partial charge in [-0.05, 0) is 18.1 Å². The van der Waals surface area contributed by atoms with Crippen molar-refractivity contribution in [2.45, 2.75) is 25.3 Å². The number of hydrogen-bond acceptors (Lipinski definition) is 3. The van der Waals surface area contributed by atoms with Crippen LogP contribution >= 0.6 is 0 Å². The molecule has 0 heterocycles. The Labute approximate surface area is 111 Å². The van der Waals surface area contributed by atoms with E-state index in [1.165, 1.54) is 6.07 Å². The highest BCUT2D eigenvalue weighted by Gasteiger charge is 2.18. The molecule has 0 aromatic heterocycles. The molecule has 0 radical (unpaired) electrons. The summed E-state index contributed by atoms with van der Waals surface area (Å²) in [7, 11) is 0. The number of phenols is 1. The number of carbonyl (C=O) groups excluding carboxylic acids is 1. The summed E-state index contributed by atoms with van der Waals surface area (Å²) in [6.45, 7) is 0. The Morgan fingerprint density at radius 3 is 2.63 bits per heavy atom. The van der Waals surface area contributed by atoms with Gasteiger partial charge in [0.1, 0.15) is 11.8 Å². The molecule has 3 N–H and O–H groups in total. The third kappa shape index (κ3) is 4.72. The summed E-state index contributed by atoms with van der Waals surface area (Å²) in [6.07, 6.45) is 5.40. The zero-order valence-electron chi connectivity index (χ0n) is 10.3. The summed E-state index contributed by atoms with van der Waals surface area (Å²) in [5.41, 5.74) is 0.640. The molecule has 5 heteroatoms. The van der Waals surface area contributed by atoms with E-state index < -0.39 is 17.9 Å². The van der Waals surface area contributed by atoms with Crippen LogP contribution in [0.25, 0.3) is 0 Å². The minimum atomic E-state index is -1.16. The largest absolute Gasteiger partial charge is 0.508 e.